The first-order valence-corrected chi connectivity index (χ1v) is 7.28. The second-order valence-corrected chi connectivity index (χ2v) is 5.63. The highest BCUT2D eigenvalue weighted by Crippen LogP contribution is 2.39. The van der Waals surface area contributed by atoms with Crippen LogP contribution in [-0.4, -0.2) is 10.5 Å². The van der Waals surface area contributed by atoms with Crippen molar-refractivity contribution in [2.24, 2.45) is 5.73 Å². The zero-order valence-corrected chi connectivity index (χ0v) is 12.0. The molecule has 3 rings (SSSR count). The Balaban J connectivity index is 1.96. The molecule has 1 aliphatic carbocycles. The first-order valence-electron chi connectivity index (χ1n) is 6.91. The molecule has 0 fully saturated rings. The van der Waals surface area contributed by atoms with Gasteiger partial charge in [0.15, 0.2) is 0 Å². The van der Waals surface area contributed by atoms with Crippen LogP contribution < -0.4 is 5.73 Å². The topological polar surface area (TPSA) is 48.0 Å². The van der Waals surface area contributed by atoms with E-state index in [1.165, 1.54) is 16.8 Å². The number of carbonyl (C=O) groups excluding carboxylic acids is 1. The van der Waals surface area contributed by atoms with Crippen molar-refractivity contribution >= 4 is 17.5 Å². The molecule has 1 heterocycles. The second-order valence-electron chi connectivity index (χ2n) is 5.23. The van der Waals surface area contributed by atoms with E-state index in [0.717, 1.165) is 36.4 Å². The van der Waals surface area contributed by atoms with Gasteiger partial charge < -0.3 is 10.3 Å². The van der Waals surface area contributed by atoms with Gasteiger partial charge in [-0.05, 0) is 42.5 Å². The molecule has 1 aromatic heterocycles. The van der Waals surface area contributed by atoms with Gasteiger partial charge in [0, 0.05) is 24.7 Å². The van der Waals surface area contributed by atoms with Crippen LogP contribution in [0.5, 0.6) is 0 Å². The Morgan fingerprint density at radius 2 is 2.05 bits per heavy atom. The van der Waals surface area contributed by atoms with E-state index in [4.69, 9.17) is 17.3 Å². The van der Waals surface area contributed by atoms with Gasteiger partial charge in [-0.1, -0.05) is 23.7 Å². The van der Waals surface area contributed by atoms with Gasteiger partial charge in [-0.3, -0.25) is 4.79 Å². The van der Waals surface area contributed by atoms with E-state index in [0.29, 0.717) is 6.42 Å². The summed E-state index contributed by atoms with van der Waals surface area (Å²) in [4.78, 5) is 10.9. The lowest BCUT2D eigenvalue weighted by atomic mass is 9.90. The summed E-state index contributed by atoms with van der Waals surface area (Å²) >= 11 is 6.40. The molecule has 1 amide bonds. The number of nitrogens with two attached hydrogens (primary N) is 1. The van der Waals surface area contributed by atoms with E-state index in [1.54, 1.807) is 0 Å². The zero-order chi connectivity index (χ0) is 14.1. The SMILES string of the molecule is NC(=O)CCCn1ccc2c1-c1c(Cl)cccc1CC2. The van der Waals surface area contributed by atoms with E-state index >= 15 is 0 Å². The molecule has 0 saturated carbocycles. The maximum Gasteiger partial charge on any atom is 0.217 e. The molecule has 0 spiro atoms. The number of fused-ring (bicyclic) bond motifs is 3. The van der Waals surface area contributed by atoms with Gasteiger partial charge in [0.25, 0.3) is 0 Å². The number of hydrogen-bond donors (Lipinski definition) is 1. The standard InChI is InChI=1S/C16H17ClN2O/c17-13-4-1-3-11-6-7-12-8-10-19(16(12)15(11)13)9-2-5-14(18)20/h1,3-4,8,10H,2,5-7,9H2,(H2,18,20). The molecule has 20 heavy (non-hydrogen) atoms. The fourth-order valence-electron chi connectivity index (χ4n) is 2.95. The van der Waals surface area contributed by atoms with Crippen molar-refractivity contribution in [1.29, 1.82) is 0 Å². The van der Waals surface area contributed by atoms with Crippen LogP contribution in [0.25, 0.3) is 11.3 Å². The molecule has 0 aliphatic heterocycles. The third kappa shape index (κ3) is 2.34. The van der Waals surface area contributed by atoms with Crippen molar-refractivity contribution < 1.29 is 4.79 Å². The number of aryl methyl sites for hydroxylation is 3. The lowest BCUT2D eigenvalue weighted by molar-refractivity contribution is -0.118. The number of aromatic nitrogens is 1. The Hall–Kier alpha value is -1.74. The third-order valence-corrected chi connectivity index (χ3v) is 4.18. The summed E-state index contributed by atoms with van der Waals surface area (Å²) in [5.41, 5.74) is 10.2. The number of rotatable bonds is 4. The van der Waals surface area contributed by atoms with Gasteiger partial charge in [-0.25, -0.2) is 0 Å². The van der Waals surface area contributed by atoms with Crippen LogP contribution >= 0.6 is 11.6 Å². The van der Waals surface area contributed by atoms with Crippen molar-refractivity contribution in [2.45, 2.75) is 32.2 Å². The fraction of sp³-hybridized carbons (Fsp3) is 0.312. The fourth-order valence-corrected chi connectivity index (χ4v) is 3.23. The number of nitrogens with zero attached hydrogens (tertiary/aromatic N) is 1. The number of benzene rings is 1. The molecule has 0 bridgehead atoms. The molecular formula is C16H17ClN2O. The van der Waals surface area contributed by atoms with Gasteiger partial charge in [-0.2, -0.15) is 0 Å². The lowest BCUT2D eigenvalue weighted by Gasteiger charge is -2.21. The van der Waals surface area contributed by atoms with Crippen molar-refractivity contribution in [3.8, 4) is 11.3 Å². The first kappa shape index (κ1) is 13.3. The van der Waals surface area contributed by atoms with Crippen molar-refractivity contribution in [1.82, 2.24) is 4.57 Å². The maximum atomic E-state index is 10.9. The third-order valence-electron chi connectivity index (χ3n) is 3.87. The molecule has 2 N–H and O–H groups in total. The van der Waals surface area contributed by atoms with Gasteiger partial charge in [0.2, 0.25) is 5.91 Å². The lowest BCUT2D eigenvalue weighted by Crippen LogP contribution is -2.12. The maximum absolute atomic E-state index is 10.9. The number of hydrogen-bond acceptors (Lipinski definition) is 1. The highest BCUT2D eigenvalue weighted by molar-refractivity contribution is 6.33. The average Bonchev–Trinajstić information content (AvgIpc) is 2.82. The van der Waals surface area contributed by atoms with Crippen molar-refractivity contribution in [3.63, 3.8) is 0 Å². The van der Waals surface area contributed by atoms with Gasteiger partial charge in [-0.15, -0.1) is 0 Å². The molecule has 0 saturated heterocycles. The van der Waals surface area contributed by atoms with E-state index in [9.17, 15) is 4.79 Å². The summed E-state index contributed by atoms with van der Waals surface area (Å²) < 4.78 is 2.20. The summed E-state index contributed by atoms with van der Waals surface area (Å²) in [6.07, 6.45) is 5.35. The number of carbonyl (C=O) groups is 1. The largest absolute Gasteiger partial charge is 0.370 e. The molecular weight excluding hydrogens is 272 g/mol. The smallest absolute Gasteiger partial charge is 0.217 e. The molecule has 1 aliphatic rings. The minimum atomic E-state index is -0.246. The van der Waals surface area contributed by atoms with E-state index in [1.807, 2.05) is 12.1 Å². The number of primary amides is 1. The Labute approximate surface area is 123 Å². The summed E-state index contributed by atoms with van der Waals surface area (Å²) in [6.45, 7) is 0.795. The van der Waals surface area contributed by atoms with Crippen LogP contribution in [0.4, 0.5) is 0 Å². The Kier molecular flexibility index (Phi) is 3.53. The van der Waals surface area contributed by atoms with Crippen LogP contribution in [-0.2, 0) is 24.2 Å². The summed E-state index contributed by atoms with van der Waals surface area (Å²) in [7, 11) is 0. The van der Waals surface area contributed by atoms with E-state index < -0.39 is 0 Å². The Bertz CT molecular complexity index is 660. The van der Waals surface area contributed by atoms with Crippen LogP contribution in [0.2, 0.25) is 5.02 Å². The molecule has 0 unspecified atom stereocenters. The number of halogens is 1. The average molecular weight is 289 g/mol. The Morgan fingerprint density at radius 3 is 2.85 bits per heavy atom. The normalized spacial score (nSPS) is 12.8. The molecule has 0 atom stereocenters. The quantitative estimate of drug-likeness (QED) is 0.923. The molecule has 104 valence electrons. The van der Waals surface area contributed by atoms with Crippen molar-refractivity contribution in [3.05, 3.63) is 46.6 Å². The van der Waals surface area contributed by atoms with Crippen LogP contribution in [0.15, 0.2) is 30.5 Å². The minimum absolute atomic E-state index is 0.246. The molecule has 3 nitrogen and oxygen atoms in total. The predicted molar refractivity (Wildman–Crippen MR) is 80.7 cm³/mol. The second kappa shape index (κ2) is 5.33. The first-order chi connectivity index (χ1) is 9.66. The minimum Gasteiger partial charge on any atom is -0.370 e. The summed E-state index contributed by atoms with van der Waals surface area (Å²) in [6, 6.07) is 8.25. The highest BCUT2D eigenvalue weighted by Gasteiger charge is 2.21. The summed E-state index contributed by atoms with van der Waals surface area (Å²) in [5.74, 6) is -0.246. The van der Waals surface area contributed by atoms with Gasteiger partial charge in [0.05, 0.1) is 10.7 Å². The molecule has 2 aromatic rings. The highest BCUT2D eigenvalue weighted by atomic mass is 35.5. The van der Waals surface area contributed by atoms with E-state index in [2.05, 4.69) is 22.9 Å². The van der Waals surface area contributed by atoms with Gasteiger partial charge >= 0.3 is 0 Å². The summed E-state index contributed by atoms with van der Waals surface area (Å²) in [5, 5.41) is 0.804. The Morgan fingerprint density at radius 1 is 1.25 bits per heavy atom. The van der Waals surface area contributed by atoms with Crippen LogP contribution in [0.1, 0.15) is 24.0 Å². The monoisotopic (exact) mass is 288 g/mol. The van der Waals surface area contributed by atoms with Gasteiger partial charge in [0.1, 0.15) is 0 Å². The number of amides is 1. The molecule has 4 heteroatoms. The van der Waals surface area contributed by atoms with Crippen LogP contribution in [0, 0.1) is 0 Å². The molecule has 1 aromatic carbocycles. The van der Waals surface area contributed by atoms with E-state index in [-0.39, 0.29) is 5.91 Å². The molecule has 0 radical (unpaired) electrons. The predicted octanol–water partition coefficient (Wildman–Crippen LogP) is 3.17. The van der Waals surface area contributed by atoms with Crippen molar-refractivity contribution in [2.75, 3.05) is 0 Å². The van der Waals surface area contributed by atoms with Crippen LogP contribution in [0.3, 0.4) is 0 Å². The zero-order valence-electron chi connectivity index (χ0n) is 11.2.